The fraction of sp³-hybridized carbons (Fsp3) is 0.471. The van der Waals surface area contributed by atoms with Crippen LogP contribution in [0.1, 0.15) is 49.0 Å². The topological polar surface area (TPSA) is 64.0 Å². The van der Waals surface area contributed by atoms with Gasteiger partial charge in [0.2, 0.25) is 5.43 Å². The molecule has 2 aromatic rings. The fourth-order valence-corrected chi connectivity index (χ4v) is 3.18. The second-order valence-corrected chi connectivity index (χ2v) is 6.12. The Morgan fingerprint density at radius 2 is 1.96 bits per heavy atom. The van der Waals surface area contributed by atoms with Gasteiger partial charge in [0, 0.05) is 13.1 Å². The summed E-state index contributed by atoms with van der Waals surface area (Å²) in [7, 11) is 1.64. The Morgan fingerprint density at radius 3 is 2.65 bits per heavy atom. The molecule has 1 saturated carbocycles. The first-order chi connectivity index (χ1) is 11.1. The van der Waals surface area contributed by atoms with E-state index in [4.69, 9.17) is 0 Å². The predicted octanol–water partition coefficient (Wildman–Crippen LogP) is 2.53. The zero-order valence-corrected chi connectivity index (χ0v) is 13.1. The van der Waals surface area contributed by atoms with Crippen LogP contribution in [-0.2, 0) is 7.05 Å². The van der Waals surface area contributed by atoms with E-state index >= 15 is 0 Å². The van der Waals surface area contributed by atoms with Crippen molar-refractivity contribution in [3.05, 3.63) is 39.9 Å². The lowest BCUT2D eigenvalue weighted by atomic mass is 10.1. The molecule has 3 rings (SSSR count). The summed E-state index contributed by atoms with van der Waals surface area (Å²) in [6, 6.07) is 4.00. The van der Waals surface area contributed by atoms with Gasteiger partial charge in [0.15, 0.2) is 5.69 Å². The van der Waals surface area contributed by atoms with Gasteiger partial charge in [-0.1, -0.05) is 25.7 Å². The van der Waals surface area contributed by atoms with Crippen LogP contribution in [0.4, 0.5) is 4.39 Å². The van der Waals surface area contributed by atoms with Crippen molar-refractivity contribution in [3.63, 3.8) is 0 Å². The van der Waals surface area contributed by atoms with E-state index < -0.39 is 17.2 Å². The summed E-state index contributed by atoms with van der Waals surface area (Å²) in [5.41, 5.74) is -0.194. The van der Waals surface area contributed by atoms with Crippen LogP contribution in [0.15, 0.2) is 23.0 Å². The lowest BCUT2D eigenvalue weighted by Crippen LogP contribution is -2.38. The summed E-state index contributed by atoms with van der Waals surface area (Å²) in [4.78, 5) is 24.9. The number of aryl methyl sites for hydroxylation is 1. The van der Waals surface area contributed by atoms with Crippen molar-refractivity contribution in [2.45, 2.75) is 44.6 Å². The molecule has 5 nitrogen and oxygen atoms in total. The van der Waals surface area contributed by atoms with Crippen molar-refractivity contribution in [1.29, 1.82) is 0 Å². The highest BCUT2D eigenvalue weighted by molar-refractivity contribution is 5.95. The predicted molar refractivity (Wildman–Crippen MR) is 85.9 cm³/mol. The average molecular weight is 317 g/mol. The Hall–Kier alpha value is -2.24. The average Bonchev–Trinajstić information content (AvgIpc) is 2.79. The number of rotatable bonds is 2. The normalized spacial score (nSPS) is 16.3. The quantitative estimate of drug-likeness (QED) is 0.866. The van der Waals surface area contributed by atoms with Gasteiger partial charge in [-0.3, -0.25) is 14.3 Å². The highest BCUT2D eigenvalue weighted by Crippen LogP contribution is 2.17. The third-order valence-corrected chi connectivity index (χ3v) is 4.42. The summed E-state index contributed by atoms with van der Waals surface area (Å²) < 4.78 is 14.9. The Labute approximate surface area is 133 Å². The van der Waals surface area contributed by atoms with Gasteiger partial charge in [-0.05, 0) is 31.0 Å². The van der Waals surface area contributed by atoms with Gasteiger partial charge in [-0.2, -0.15) is 5.10 Å². The molecule has 1 amide bonds. The second kappa shape index (κ2) is 6.48. The van der Waals surface area contributed by atoms with Gasteiger partial charge in [-0.15, -0.1) is 0 Å². The van der Waals surface area contributed by atoms with Crippen LogP contribution in [-0.4, -0.2) is 21.7 Å². The molecule has 0 atom stereocenters. The maximum Gasteiger partial charge on any atom is 0.276 e. The van der Waals surface area contributed by atoms with Crippen LogP contribution in [0.5, 0.6) is 0 Å². The van der Waals surface area contributed by atoms with E-state index in [0.717, 1.165) is 31.7 Å². The van der Waals surface area contributed by atoms with Crippen molar-refractivity contribution in [1.82, 2.24) is 15.1 Å². The number of fused-ring (bicyclic) bond motifs is 1. The highest BCUT2D eigenvalue weighted by Gasteiger charge is 2.21. The van der Waals surface area contributed by atoms with Crippen LogP contribution < -0.4 is 10.7 Å². The van der Waals surface area contributed by atoms with E-state index in [1.54, 1.807) is 7.05 Å². The van der Waals surface area contributed by atoms with Crippen LogP contribution in [0.2, 0.25) is 0 Å². The molecule has 1 N–H and O–H groups in total. The van der Waals surface area contributed by atoms with Gasteiger partial charge in [0.25, 0.3) is 5.91 Å². The molecule has 0 aliphatic heterocycles. The minimum atomic E-state index is -0.524. The summed E-state index contributed by atoms with van der Waals surface area (Å²) >= 11 is 0. The first kappa shape index (κ1) is 15.6. The van der Waals surface area contributed by atoms with Crippen LogP contribution in [0, 0.1) is 5.82 Å². The van der Waals surface area contributed by atoms with Crippen LogP contribution >= 0.6 is 0 Å². The highest BCUT2D eigenvalue weighted by atomic mass is 19.1. The molecule has 1 aliphatic rings. The monoisotopic (exact) mass is 317 g/mol. The molecule has 1 fully saturated rings. The summed E-state index contributed by atoms with van der Waals surface area (Å²) in [5, 5.41) is 7.18. The number of halogens is 1. The van der Waals surface area contributed by atoms with Crippen LogP contribution in [0.3, 0.4) is 0 Å². The zero-order valence-electron chi connectivity index (χ0n) is 13.1. The molecule has 1 heterocycles. The lowest BCUT2D eigenvalue weighted by Gasteiger charge is -2.16. The molecule has 6 heteroatoms. The van der Waals surface area contributed by atoms with Gasteiger partial charge in [0.05, 0.1) is 10.9 Å². The van der Waals surface area contributed by atoms with Crippen molar-refractivity contribution < 1.29 is 9.18 Å². The fourth-order valence-electron chi connectivity index (χ4n) is 3.18. The minimum Gasteiger partial charge on any atom is -0.348 e. The number of hydrogen-bond donors (Lipinski definition) is 1. The zero-order chi connectivity index (χ0) is 16.4. The van der Waals surface area contributed by atoms with Gasteiger partial charge < -0.3 is 5.32 Å². The van der Waals surface area contributed by atoms with E-state index in [1.807, 2.05) is 0 Å². The molecule has 1 aliphatic carbocycles. The SMILES string of the molecule is Cn1nc(C(=O)NC2CCCCCC2)c(=O)c2cc(F)ccc21. The molecule has 1 aromatic carbocycles. The number of nitrogens with one attached hydrogen (secondary N) is 1. The van der Waals surface area contributed by atoms with E-state index in [9.17, 15) is 14.0 Å². The second-order valence-electron chi connectivity index (χ2n) is 6.12. The number of carbonyl (C=O) groups is 1. The Bertz CT molecular complexity index is 792. The molecular formula is C17H20FN3O2. The van der Waals surface area contributed by atoms with E-state index in [0.29, 0.717) is 5.52 Å². The number of aromatic nitrogens is 2. The third-order valence-electron chi connectivity index (χ3n) is 4.42. The number of benzene rings is 1. The summed E-state index contributed by atoms with van der Waals surface area (Å²) in [5.74, 6) is -0.973. The Morgan fingerprint density at radius 1 is 1.26 bits per heavy atom. The first-order valence-corrected chi connectivity index (χ1v) is 8.03. The number of amides is 1. The van der Waals surface area contributed by atoms with Gasteiger partial charge in [0.1, 0.15) is 5.82 Å². The molecule has 0 unspecified atom stereocenters. The van der Waals surface area contributed by atoms with Crippen molar-refractivity contribution in [3.8, 4) is 0 Å². The Kier molecular flexibility index (Phi) is 4.41. The van der Waals surface area contributed by atoms with Crippen LogP contribution in [0.25, 0.3) is 10.9 Å². The molecule has 0 saturated heterocycles. The molecule has 0 radical (unpaired) electrons. The largest absolute Gasteiger partial charge is 0.348 e. The van der Waals surface area contributed by atoms with E-state index in [2.05, 4.69) is 10.4 Å². The number of carbonyl (C=O) groups excluding carboxylic acids is 1. The molecular weight excluding hydrogens is 297 g/mol. The number of hydrogen-bond acceptors (Lipinski definition) is 3. The molecule has 23 heavy (non-hydrogen) atoms. The van der Waals surface area contributed by atoms with Crippen molar-refractivity contribution in [2.24, 2.45) is 7.05 Å². The maximum absolute atomic E-state index is 13.4. The summed E-state index contributed by atoms with van der Waals surface area (Å²) in [6.07, 6.45) is 6.38. The Balaban J connectivity index is 1.94. The van der Waals surface area contributed by atoms with Crippen molar-refractivity contribution in [2.75, 3.05) is 0 Å². The summed E-state index contributed by atoms with van der Waals surface area (Å²) in [6.45, 7) is 0. The molecule has 1 aromatic heterocycles. The number of nitrogens with zero attached hydrogens (tertiary/aromatic N) is 2. The smallest absolute Gasteiger partial charge is 0.276 e. The molecule has 0 bridgehead atoms. The maximum atomic E-state index is 13.4. The molecule has 122 valence electrons. The van der Waals surface area contributed by atoms with Crippen molar-refractivity contribution >= 4 is 16.8 Å². The lowest BCUT2D eigenvalue weighted by molar-refractivity contribution is 0.0925. The van der Waals surface area contributed by atoms with E-state index in [-0.39, 0.29) is 17.1 Å². The molecule has 0 spiro atoms. The van der Waals surface area contributed by atoms with Gasteiger partial charge >= 0.3 is 0 Å². The van der Waals surface area contributed by atoms with E-state index in [1.165, 1.54) is 29.7 Å². The first-order valence-electron chi connectivity index (χ1n) is 8.03. The third kappa shape index (κ3) is 3.25. The minimum absolute atomic E-state index is 0.0831. The standard InChI is InChI=1S/C17H20FN3O2/c1-21-14-9-8-11(18)10-13(14)16(22)15(20-21)17(23)19-12-6-4-2-3-5-7-12/h8-10,12H,2-7H2,1H3,(H,19,23). The van der Waals surface area contributed by atoms with Gasteiger partial charge in [-0.25, -0.2) is 4.39 Å².